The van der Waals surface area contributed by atoms with Crippen molar-refractivity contribution in [1.29, 1.82) is 0 Å². The highest BCUT2D eigenvalue weighted by Gasteiger charge is 1.85. The van der Waals surface area contributed by atoms with E-state index in [1.807, 2.05) is 13.0 Å². The van der Waals surface area contributed by atoms with Crippen molar-refractivity contribution >= 4 is 0 Å². The Morgan fingerprint density at radius 2 is 2.33 bits per heavy atom. The molecule has 0 radical (unpaired) electrons. The van der Waals surface area contributed by atoms with Gasteiger partial charge < -0.3 is 5.11 Å². The Balaban J connectivity index is 3.36. The molecule has 0 aliphatic rings. The minimum Gasteiger partial charge on any atom is -0.396 e. The van der Waals surface area contributed by atoms with E-state index in [0.717, 1.165) is 12.8 Å². The van der Waals surface area contributed by atoms with Gasteiger partial charge in [0.2, 0.25) is 0 Å². The van der Waals surface area contributed by atoms with Crippen molar-refractivity contribution in [2.45, 2.75) is 19.8 Å². The molecule has 0 unspecified atom stereocenters. The lowest BCUT2D eigenvalue weighted by Gasteiger charge is -1.94. The second kappa shape index (κ2) is 5.57. The fraction of sp³-hybridized carbons (Fsp3) is 0.500. The maximum atomic E-state index is 8.43. The van der Waals surface area contributed by atoms with Gasteiger partial charge in [0.05, 0.1) is 0 Å². The predicted molar refractivity (Wildman–Crippen MR) is 40.3 cm³/mol. The normalized spacial score (nSPS) is 11.6. The van der Waals surface area contributed by atoms with Gasteiger partial charge in [-0.15, -0.1) is 0 Å². The van der Waals surface area contributed by atoms with E-state index in [2.05, 4.69) is 6.58 Å². The Morgan fingerprint density at radius 1 is 1.67 bits per heavy atom. The van der Waals surface area contributed by atoms with Gasteiger partial charge in [-0.05, 0) is 19.8 Å². The summed E-state index contributed by atoms with van der Waals surface area (Å²) in [5.74, 6) is 0. The van der Waals surface area contributed by atoms with Gasteiger partial charge in [-0.3, -0.25) is 0 Å². The zero-order valence-corrected chi connectivity index (χ0v) is 5.93. The fourth-order valence-corrected chi connectivity index (χ4v) is 0.642. The van der Waals surface area contributed by atoms with Crippen LogP contribution in [0, 0.1) is 0 Å². The minimum absolute atomic E-state index is 0.280. The maximum absolute atomic E-state index is 8.43. The van der Waals surface area contributed by atoms with Crippen LogP contribution in [-0.2, 0) is 0 Å². The van der Waals surface area contributed by atoms with Gasteiger partial charge >= 0.3 is 0 Å². The van der Waals surface area contributed by atoms with Gasteiger partial charge in [0.15, 0.2) is 0 Å². The molecule has 0 atom stereocenters. The summed E-state index contributed by atoms with van der Waals surface area (Å²) < 4.78 is 0. The van der Waals surface area contributed by atoms with Crippen LogP contribution in [0.15, 0.2) is 24.3 Å². The molecule has 1 N–H and O–H groups in total. The average molecular weight is 126 g/mol. The zero-order valence-electron chi connectivity index (χ0n) is 5.93. The molecule has 0 aromatic carbocycles. The van der Waals surface area contributed by atoms with Crippen LogP contribution in [-0.4, -0.2) is 11.7 Å². The van der Waals surface area contributed by atoms with Crippen LogP contribution >= 0.6 is 0 Å². The zero-order chi connectivity index (χ0) is 7.11. The summed E-state index contributed by atoms with van der Waals surface area (Å²) in [5.41, 5.74) is 1.28. The van der Waals surface area contributed by atoms with Crippen LogP contribution in [0.1, 0.15) is 19.8 Å². The molecule has 0 fully saturated rings. The highest BCUT2D eigenvalue weighted by atomic mass is 16.2. The maximum Gasteiger partial charge on any atom is 0.0434 e. The largest absolute Gasteiger partial charge is 0.396 e. The third kappa shape index (κ3) is 5.31. The Bertz CT molecular complexity index is 103. The van der Waals surface area contributed by atoms with Crippen molar-refractivity contribution in [3.05, 3.63) is 24.3 Å². The lowest BCUT2D eigenvalue weighted by atomic mass is 10.1. The average Bonchev–Trinajstić information content (AvgIpc) is 1.85. The van der Waals surface area contributed by atoms with Crippen molar-refractivity contribution in [2.24, 2.45) is 0 Å². The first kappa shape index (κ1) is 8.44. The molecule has 1 heteroatoms. The summed E-state index contributed by atoms with van der Waals surface area (Å²) in [6.07, 6.45) is 5.57. The van der Waals surface area contributed by atoms with Crippen molar-refractivity contribution in [3.8, 4) is 0 Å². The highest BCUT2D eigenvalue weighted by molar-refractivity contribution is 5.07. The molecule has 0 saturated carbocycles. The molecule has 0 aromatic rings. The van der Waals surface area contributed by atoms with Gasteiger partial charge in [0, 0.05) is 6.61 Å². The quantitative estimate of drug-likeness (QED) is 0.570. The summed E-state index contributed by atoms with van der Waals surface area (Å²) in [6, 6.07) is 0. The Hall–Kier alpha value is -0.560. The third-order valence-electron chi connectivity index (χ3n) is 1.13. The lowest BCUT2D eigenvalue weighted by molar-refractivity contribution is 0.288. The van der Waals surface area contributed by atoms with Gasteiger partial charge in [-0.2, -0.15) is 0 Å². The topological polar surface area (TPSA) is 20.2 Å². The molecule has 52 valence electrons. The monoisotopic (exact) mass is 126 g/mol. The standard InChI is InChI=1S/C8H14O/c1-3-5-8(2)6-4-7-9/h3,5,9H,1,4,6-7H2,2H3/b8-5+. The van der Waals surface area contributed by atoms with Crippen LogP contribution in [0.25, 0.3) is 0 Å². The van der Waals surface area contributed by atoms with E-state index in [1.165, 1.54) is 5.57 Å². The smallest absolute Gasteiger partial charge is 0.0434 e. The summed E-state index contributed by atoms with van der Waals surface area (Å²) in [4.78, 5) is 0. The number of allylic oxidation sites excluding steroid dienone is 3. The predicted octanol–water partition coefficient (Wildman–Crippen LogP) is 1.89. The summed E-state index contributed by atoms with van der Waals surface area (Å²) >= 11 is 0. The van der Waals surface area contributed by atoms with Gasteiger partial charge in [-0.25, -0.2) is 0 Å². The fourth-order valence-electron chi connectivity index (χ4n) is 0.642. The highest BCUT2D eigenvalue weighted by Crippen LogP contribution is 2.01. The third-order valence-corrected chi connectivity index (χ3v) is 1.13. The molecule has 9 heavy (non-hydrogen) atoms. The van der Waals surface area contributed by atoms with Crippen molar-refractivity contribution in [1.82, 2.24) is 0 Å². The van der Waals surface area contributed by atoms with E-state index in [-0.39, 0.29) is 6.61 Å². The summed E-state index contributed by atoms with van der Waals surface area (Å²) in [6.45, 7) is 5.89. The molecule has 0 heterocycles. The van der Waals surface area contributed by atoms with Crippen molar-refractivity contribution < 1.29 is 5.11 Å². The number of aliphatic hydroxyl groups is 1. The van der Waals surface area contributed by atoms with Gasteiger partial charge in [0.25, 0.3) is 0 Å². The van der Waals surface area contributed by atoms with Crippen LogP contribution < -0.4 is 0 Å². The molecular weight excluding hydrogens is 112 g/mol. The van der Waals surface area contributed by atoms with Crippen LogP contribution in [0.4, 0.5) is 0 Å². The van der Waals surface area contributed by atoms with Gasteiger partial charge in [-0.1, -0.05) is 24.3 Å². The first-order chi connectivity index (χ1) is 4.31. The molecule has 0 aliphatic heterocycles. The van der Waals surface area contributed by atoms with Crippen LogP contribution in [0.2, 0.25) is 0 Å². The Labute approximate surface area is 56.7 Å². The molecule has 0 saturated heterocycles. The number of rotatable bonds is 4. The van der Waals surface area contributed by atoms with Crippen LogP contribution in [0.3, 0.4) is 0 Å². The minimum atomic E-state index is 0.280. The summed E-state index contributed by atoms with van der Waals surface area (Å²) in [5, 5.41) is 8.43. The molecule has 0 spiro atoms. The second-order valence-corrected chi connectivity index (χ2v) is 2.08. The molecule has 0 rings (SSSR count). The van der Waals surface area contributed by atoms with Gasteiger partial charge in [0.1, 0.15) is 0 Å². The van der Waals surface area contributed by atoms with E-state index in [1.54, 1.807) is 6.08 Å². The van der Waals surface area contributed by atoms with E-state index in [4.69, 9.17) is 5.11 Å². The number of hydrogen-bond acceptors (Lipinski definition) is 1. The Morgan fingerprint density at radius 3 is 2.78 bits per heavy atom. The van der Waals surface area contributed by atoms with Crippen molar-refractivity contribution in [2.75, 3.05) is 6.61 Å². The second-order valence-electron chi connectivity index (χ2n) is 2.08. The summed E-state index contributed by atoms with van der Waals surface area (Å²) in [7, 11) is 0. The molecule has 0 bridgehead atoms. The SMILES string of the molecule is C=C/C=C(\C)CCCO. The molecule has 0 aliphatic carbocycles. The van der Waals surface area contributed by atoms with E-state index < -0.39 is 0 Å². The van der Waals surface area contributed by atoms with E-state index in [9.17, 15) is 0 Å². The van der Waals surface area contributed by atoms with Crippen LogP contribution in [0.5, 0.6) is 0 Å². The molecular formula is C8H14O. The van der Waals surface area contributed by atoms with E-state index >= 15 is 0 Å². The van der Waals surface area contributed by atoms with E-state index in [0.29, 0.717) is 0 Å². The Kier molecular flexibility index (Phi) is 5.23. The number of aliphatic hydroxyl groups excluding tert-OH is 1. The van der Waals surface area contributed by atoms with Crippen molar-refractivity contribution in [3.63, 3.8) is 0 Å². The lowest BCUT2D eigenvalue weighted by Crippen LogP contribution is -1.82. The molecule has 0 aromatic heterocycles. The first-order valence-electron chi connectivity index (χ1n) is 3.20. The first-order valence-corrected chi connectivity index (χ1v) is 3.20. The molecule has 0 amide bonds. The number of hydrogen-bond donors (Lipinski definition) is 1. The molecule has 1 nitrogen and oxygen atoms in total.